The number of piperidine rings is 1. The molecule has 1 rings (SSSR count). The van der Waals surface area contributed by atoms with Crippen LogP contribution in [0.2, 0.25) is 0 Å². The number of nitrogens with zero attached hydrogens (tertiary/aromatic N) is 1. The van der Waals surface area contributed by atoms with Gasteiger partial charge in [-0.25, -0.2) is 0 Å². The second kappa shape index (κ2) is 8.34. The lowest BCUT2D eigenvalue weighted by atomic mass is 9.92. The Balaban J connectivity index is 2.70. The van der Waals surface area contributed by atoms with E-state index in [9.17, 15) is 9.59 Å². The molecule has 3 nitrogen and oxygen atoms in total. The van der Waals surface area contributed by atoms with Crippen molar-refractivity contribution in [3.63, 3.8) is 0 Å². The normalized spacial score (nSPS) is 19.8. The third-order valence-electron chi connectivity index (χ3n) is 4.06. The van der Waals surface area contributed by atoms with Crippen LogP contribution in [0.5, 0.6) is 0 Å². The van der Waals surface area contributed by atoms with Crippen LogP contribution in [-0.2, 0) is 9.59 Å². The molecule has 0 saturated carbocycles. The van der Waals surface area contributed by atoms with E-state index in [0.717, 1.165) is 51.5 Å². The molecule has 1 aliphatic rings. The van der Waals surface area contributed by atoms with Crippen LogP contribution in [0.15, 0.2) is 0 Å². The average molecular weight is 267 g/mol. The molecule has 0 aromatic rings. The van der Waals surface area contributed by atoms with E-state index in [1.54, 1.807) is 6.92 Å². The number of amides is 1. The summed E-state index contributed by atoms with van der Waals surface area (Å²) in [6, 6.07) is 0.162. The summed E-state index contributed by atoms with van der Waals surface area (Å²) in [5.74, 6) is 0.671. The van der Waals surface area contributed by atoms with Crippen LogP contribution in [0.25, 0.3) is 0 Å². The third kappa shape index (κ3) is 4.96. The highest BCUT2D eigenvalue weighted by atomic mass is 16.2. The van der Waals surface area contributed by atoms with E-state index in [2.05, 4.69) is 13.8 Å². The van der Waals surface area contributed by atoms with E-state index in [0.29, 0.717) is 12.3 Å². The van der Waals surface area contributed by atoms with Gasteiger partial charge in [0.1, 0.15) is 5.78 Å². The quantitative estimate of drug-likeness (QED) is 0.707. The maximum Gasteiger partial charge on any atom is 0.225 e. The molecular weight excluding hydrogens is 238 g/mol. The first-order valence-corrected chi connectivity index (χ1v) is 7.90. The number of carbonyl (C=O) groups is 2. The monoisotopic (exact) mass is 267 g/mol. The van der Waals surface area contributed by atoms with Gasteiger partial charge in [0.25, 0.3) is 0 Å². The first-order valence-electron chi connectivity index (χ1n) is 7.90. The predicted octanol–water partition coefficient (Wildman–Crippen LogP) is 3.56. The second-order valence-electron chi connectivity index (χ2n) is 5.86. The minimum absolute atomic E-state index is 0.162. The Kier molecular flexibility index (Phi) is 7.11. The Morgan fingerprint density at radius 3 is 2.32 bits per heavy atom. The number of hydrogen-bond acceptors (Lipinski definition) is 2. The minimum Gasteiger partial charge on any atom is -0.339 e. The number of Topliss-reactive ketones (excluding diaryl/α,β-unsaturated/α-hetero) is 1. The fourth-order valence-electron chi connectivity index (χ4n) is 3.16. The molecule has 19 heavy (non-hydrogen) atoms. The Bertz CT molecular complexity index is 295. The van der Waals surface area contributed by atoms with Crippen molar-refractivity contribution < 1.29 is 9.59 Å². The van der Waals surface area contributed by atoms with E-state index in [-0.39, 0.29) is 17.7 Å². The van der Waals surface area contributed by atoms with Gasteiger partial charge in [0.15, 0.2) is 0 Å². The smallest absolute Gasteiger partial charge is 0.225 e. The molecular formula is C16H29NO2. The zero-order valence-electron chi connectivity index (χ0n) is 12.8. The van der Waals surface area contributed by atoms with Crippen LogP contribution in [-0.4, -0.2) is 29.2 Å². The van der Waals surface area contributed by atoms with Crippen LogP contribution in [0.1, 0.15) is 72.1 Å². The second-order valence-corrected chi connectivity index (χ2v) is 5.86. The molecule has 1 saturated heterocycles. The van der Waals surface area contributed by atoms with Gasteiger partial charge in [0.05, 0.1) is 0 Å². The topological polar surface area (TPSA) is 37.4 Å². The van der Waals surface area contributed by atoms with E-state index in [1.807, 2.05) is 4.90 Å². The van der Waals surface area contributed by atoms with Gasteiger partial charge < -0.3 is 4.90 Å². The summed E-state index contributed by atoms with van der Waals surface area (Å²) < 4.78 is 0. The van der Waals surface area contributed by atoms with Gasteiger partial charge in [0.2, 0.25) is 5.91 Å². The van der Waals surface area contributed by atoms with Crippen molar-refractivity contribution in [1.29, 1.82) is 0 Å². The van der Waals surface area contributed by atoms with Crippen LogP contribution in [0, 0.1) is 5.92 Å². The van der Waals surface area contributed by atoms with Crippen molar-refractivity contribution >= 4 is 11.7 Å². The Morgan fingerprint density at radius 1 is 1.16 bits per heavy atom. The van der Waals surface area contributed by atoms with Gasteiger partial charge in [-0.3, -0.25) is 9.59 Å². The maximum absolute atomic E-state index is 12.7. The van der Waals surface area contributed by atoms with Gasteiger partial charge in [-0.2, -0.15) is 0 Å². The first kappa shape index (κ1) is 16.2. The molecule has 0 N–H and O–H groups in total. The average Bonchev–Trinajstić information content (AvgIpc) is 2.38. The summed E-state index contributed by atoms with van der Waals surface area (Å²) in [7, 11) is 0. The van der Waals surface area contributed by atoms with Crippen molar-refractivity contribution in [3.8, 4) is 0 Å². The molecule has 1 atom stereocenters. The molecule has 1 unspecified atom stereocenters. The molecule has 0 spiro atoms. The highest BCUT2D eigenvalue weighted by Crippen LogP contribution is 2.25. The van der Waals surface area contributed by atoms with E-state index in [4.69, 9.17) is 0 Å². The number of ketones is 1. The standard InChI is InChI=1S/C16H29NO2/c1-4-8-14(9-5-2)16(19)17-11-7-6-10-15(17)12-13(3)18/h14-15H,4-12H2,1-3H3. The summed E-state index contributed by atoms with van der Waals surface area (Å²) in [5, 5.41) is 0. The fraction of sp³-hybridized carbons (Fsp3) is 0.875. The first-order chi connectivity index (χ1) is 9.10. The van der Waals surface area contributed by atoms with E-state index >= 15 is 0 Å². The molecule has 110 valence electrons. The molecule has 0 aromatic carbocycles. The Morgan fingerprint density at radius 2 is 1.79 bits per heavy atom. The van der Waals surface area contributed by atoms with Gasteiger partial charge in [-0.1, -0.05) is 26.7 Å². The maximum atomic E-state index is 12.7. The Hall–Kier alpha value is -0.860. The van der Waals surface area contributed by atoms with Gasteiger partial charge >= 0.3 is 0 Å². The molecule has 0 aliphatic carbocycles. The summed E-state index contributed by atoms with van der Waals surface area (Å²) in [4.78, 5) is 26.1. The van der Waals surface area contributed by atoms with E-state index < -0.39 is 0 Å². The molecule has 3 heteroatoms. The molecule has 0 bridgehead atoms. The molecule has 1 fully saturated rings. The predicted molar refractivity (Wildman–Crippen MR) is 78.0 cm³/mol. The van der Waals surface area contributed by atoms with Crippen molar-refractivity contribution in [2.45, 2.75) is 78.2 Å². The fourth-order valence-corrected chi connectivity index (χ4v) is 3.16. The van der Waals surface area contributed by atoms with Gasteiger partial charge in [0, 0.05) is 24.9 Å². The van der Waals surface area contributed by atoms with Crippen LogP contribution in [0.4, 0.5) is 0 Å². The Labute approximate surface area is 117 Å². The van der Waals surface area contributed by atoms with Crippen molar-refractivity contribution in [3.05, 3.63) is 0 Å². The van der Waals surface area contributed by atoms with Gasteiger partial charge in [-0.05, 0) is 39.0 Å². The van der Waals surface area contributed by atoms with Crippen LogP contribution >= 0.6 is 0 Å². The summed E-state index contributed by atoms with van der Waals surface area (Å²) in [5.41, 5.74) is 0. The minimum atomic E-state index is 0.162. The zero-order chi connectivity index (χ0) is 14.3. The number of hydrogen-bond donors (Lipinski definition) is 0. The molecule has 1 amide bonds. The number of rotatable bonds is 7. The lowest BCUT2D eigenvalue weighted by Crippen LogP contribution is -2.47. The number of likely N-dealkylation sites (tertiary alicyclic amines) is 1. The lowest BCUT2D eigenvalue weighted by molar-refractivity contribution is -0.140. The van der Waals surface area contributed by atoms with Crippen LogP contribution in [0.3, 0.4) is 0 Å². The summed E-state index contributed by atoms with van der Waals surface area (Å²) in [6.07, 6.45) is 7.85. The highest BCUT2D eigenvalue weighted by Gasteiger charge is 2.31. The molecule has 0 aromatic heterocycles. The molecule has 0 radical (unpaired) electrons. The van der Waals surface area contributed by atoms with Crippen molar-refractivity contribution in [2.24, 2.45) is 5.92 Å². The van der Waals surface area contributed by atoms with Crippen molar-refractivity contribution in [2.75, 3.05) is 6.54 Å². The highest BCUT2D eigenvalue weighted by molar-refractivity contribution is 5.81. The zero-order valence-corrected chi connectivity index (χ0v) is 12.8. The lowest BCUT2D eigenvalue weighted by Gasteiger charge is -2.37. The molecule has 1 heterocycles. The van der Waals surface area contributed by atoms with Crippen molar-refractivity contribution in [1.82, 2.24) is 4.90 Å². The van der Waals surface area contributed by atoms with Gasteiger partial charge in [-0.15, -0.1) is 0 Å². The largest absolute Gasteiger partial charge is 0.339 e. The summed E-state index contributed by atoms with van der Waals surface area (Å²) in [6.45, 7) is 6.76. The summed E-state index contributed by atoms with van der Waals surface area (Å²) >= 11 is 0. The molecule has 1 aliphatic heterocycles. The van der Waals surface area contributed by atoms with E-state index in [1.165, 1.54) is 0 Å². The SMILES string of the molecule is CCCC(CCC)C(=O)N1CCCCC1CC(C)=O. The van der Waals surface area contributed by atoms with Crippen LogP contribution < -0.4 is 0 Å². The number of carbonyl (C=O) groups excluding carboxylic acids is 2. The third-order valence-corrected chi connectivity index (χ3v) is 4.06.